The summed E-state index contributed by atoms with van der Waals surface area (Å²) in [7, 11) is 1.70. The summed E-state index contributed by atoms with van der Waals surface area (Å²) in [5.74, 6) is -0.193. The normalized spacial score (nSPS) is 21.0. The van der Waals surface area contributed by atoms with Gasteiger partial charge in [0.05, 0.1) is 0 Å². The smallest absolute Gasteiger partial charge is 0.191 e. The molecule has 0 atom stereocenters. The second-order valence-electron chi connectivity index (χ2n) is 7.41. The number of likely N-dealkylation sites (tertiary alicyclic amines) is 1. The molecule has 0 radical (unpaired) electrons. The highest BCUT2D eigenvalue weighted by Crippen LogP contribution is 2.25. The first-order valence-corrected chi connectivity index (χ1v) is 9.81. The first-order chi connectivity index (χ1) is 12.7. The maximum atomic E-state index is 13.7. The molecular weight excluding hydrogens is 334 g/mol. The minimum Gasteiger partial charge on any atom is -0.354 e. The third-order valence-electron chi connectivity index (χ3n) is 5.64. The Morgan fingerprint density at radius 3 is 2.54 bits per heavy atom. The summed E-state index contributed by atoms with van der Waals surface area (Å²) in [4.78, 5) is 6.87. The predicted octanol–water partition coefficient (Wildman–Crippen LogP) is 3.43. The van der Waals surface area contributed by atoms with E-state index in [4.69, 9.17) is 0 Å². The topological polar surface area (TPSA) is 39.7 Å². The molecule has 0 amide bonds. The van der Waals surface area contributed by atoms with Crippen molar-refractivity contribution in [1.82, 2.24) is 15.5 Å². The van der Waals surface area contributed by atoms with Gasteiger partial charge in [0.2, 0.25) is 0 Å². The van der Waals surface area contributed by atoms with E-state index in [2.05, 4.69) is 20.5 Å². The van der Waals surface area contributed by atoms with Crippen LogP contribution in [0.25, 0.3) is 0 Å². The van der Waals surface area contributed by atoms with Gasteiger partial charge in [-0.15, -0.1) is 0 Å². The lowest BCUT2D eigenvalue weighted by Gasteiger charge is -2.39. The van der Waals surface area contributed by atoms with Crippen molar-refractivity contribution >= 4 is 5.96 Å². The van der Waals surface area contributed by atoms with E-state index in [9.17, 15) is 8.78 Å². The zero-order chi connectivity index (χ0) is 18.4. The average Bonchev–Trinajstić information content (AvgIpc) is 2.68. The van der Waals surface area contributed by atoms with Crippen LogP contribution in [0.4, 0.5) is 8.78 Å². The molecule has 1 aliphatic carbocycles. The van der Waals surface area contributed by atoms with E-state index in [1.54, 1.807) is 7.05 Å². The van der Waals surface area contributed by atoms with E-state index in [1.165, 1.54) is 38.2 Å². The minimum atomic E-state index is -0.429. The van der Waals surface area contributed by atoms with Gasteiger partial charge in [0.25, 0.3) is 0 Å². The van der Waals surface area contributed by atoms with Crippen LogP contribution in [0.1, 0.15) is 50.5 Å². The number of rotatable bonds is 4. The number of aliphatic imine (C=N–C) groups is 1. The molecule has 1 saturated carbocycles. The van der Waals surface area contributed by atoms with Crippen LogP contribution < -0.4 is 10.6 Å². The van der Waals surface area contributed by atoms with E-state index in [1.807, 2.05) is 0 Å². The quantitative estimate of drug-likeness (QED) is 0.635. The van der Waals surface area contributed by atoms with Gasteiger partial charge < -0.3 is 15.5 Å². The number of guanidine groups is 1. The summed E-state index contributed by atoms with van der Waals surface area (Å²) in [5, 5.41) is 6.52. The molecule has 0 unspecified atom stereocenters. The summed E-state index contributed by atoms with van der Waals surface area (Å²) in [5.41, 5.74) is 0.306. The highest BCUT2D eigenvalue weighted by atomic mass is 19.1. The summed E-state index contributed by atoms with van der Waals surface area (Å²) >= 11 is 0. The monoisotopic (exact) mass is 364 g/mol. The van der Waals surface area contributed by atoms with Gasteiger partial charge in [-0.25, -0.2) is 8.78 Å². The standard InChI is InChI=1S/C20H30F2N4/c1-23-20(24-14-15-13-16(21)7-8-19(15)22)25-17-9-11-26(12-10-17)18-5-3-2-4-6-18/h7-8,13,17-18H,2-6,9-12,14H2,1H3,(H2,23,24,25). The molecule has 3 rings (SSSR count). The number of hydrogen-bond acceptors (Lipinski definition) is 2. The maximum Gasteiger partial charge on any atom is 0.191 e. The Balaban J connectivity index is 1.45. The molecule has 1 saturated heterocycles. The SMILES string of the molecule is CN=C(NCc1cc(F)ccc1F)NC1CCN(C2CCCCC2)CC1. The van der Waals surface area contributed by atoms with Crippen LogP contribution in [0.2, 0.25) is 0 Å². The Bertz CT molecular complexity index is 606. The molecule has 2 aliphatic rings. The molecular formula is C20H30F2N4. The maximum absolute atomic E-state index is 13.7. The van der Waals surface area contributed by atoms with Crippen LogP contribution in [0, 0.1) is 11.6 Å². The first kappa shape index (κ1) is 19.1. The zero-order valence-corrected chi connectivity index (χ0v) is 15.6. The van der Waals surface area contributed by atoms with Crippen molar-refractivity contribution in [2.75, 3.05) is 20.1 Å². The number of nitrogens with zero attached hydrogens (tertiary/aromatic N) is 2. The number of benzene rings is 1. The van der Waals surface area contributed by atoms with Crippen molar-refractivity contribution in [2.45, 2.75) is 63.6 Å². The highest BCUT2D eigenvalue weighted by molar-refractivity contribution is 5.79. The van der Waals surface area contributed by atoms with Crippen LogP contribution in [0.5, 0.6) is 0 Å². The Labute approximate surface area is 155 Å². The summed E-state index contributed by atoms with van der Waals surface area (Å²) < 4.78 is 27.0. The molecule has 2 fully saturated rings. The van der Waals surface area contributed by atoms with Gasteiger partial charge >= 0.3 is 0 Å². The van der Waals surface area contributed by atoms with E-state index >= 15 is 0 Å². The molecule has 6 heteroatoms. The van der Waals surface area contributed by atoms with Crippen molar-refractivity contribution in [3.05, 3.63) is 35.4 Å². The van der Waals surface area contributed by atoms with E-state index < -0.39 is 11.6 Å². The number of halogens is 2. The fourth-order valence-corrected chi connectivity index (χ4v) is 4.10. The Morgan fingerprint density at radius 2 is 1.85 bits per heavy atom. The fraction of sp³-hybridized carbons (Fsp3) is 0.650. The first-order valence-electron chi connectivity index (χ1n) is 9.81. The Morgan fingerprint density at radius 1 is 1.12 bits per heavy atom. The van der Waals surface area contributed by atoms with Gasteiger partial charge in [0, 0.05) is 44.3 Å². The van der Waals surface area contributed by atoms with Gasteiger partial charge in [-0.1, -0.05) is 19.3 Å². The van der Waals surface area contributed by atoms with Gasteiger partial charge in [0.15, 0.2) is 5.96 Å². The van der Waals surface area contributed by atoms with Gasteiger partial charge in [-0.3, -0.25) is 4.99 Å². The molecule has 1 heterocycles. The van der Waals surface area contributed by atoms with Crippen molar-refractivity contribution in [3.63, 3.8) is 0 Å². The van der Waals surface area contributed by atoms with E-state index in [0.717, 1.165) is 44.1 Å². The van der Waals surface area contributed by atoms with Crippen LogP contribution in [0.15, 0.2) is 23.2 Å². The molecule has 26 heavy (non-hydrogen) atoms. The molecule has 0 aromatic heterocycles. The third kappa shape index (κ3) is 5.16. The Kier molecular flexibility index (Phi) is 6.83. The summed E-state index contributed by atoms with van der Waals surface area (Å²) in [6.07, 6.45) is 9.01. The van der Waals surface area contributed by atoms with Crippen molar-refractivity contribution in [3.8, 4) is 0 Å². The van der Waals surface area contributed by atoms with E-state index in [-0.39, 0.29) is 6.54 Å². The molecule has 1 aromatic carbocycles. The van der Waals surface area contributed by atoms with Crippen molar-refractivity contribution in [1.29, 1.82) is 0 Å². The van der Waals surface area contributed by atoms with Crippen LogP contribution >= 0.6 is 0 Å². The highest BCUT2D eigenvalue weighted by Gasteiger charge is 2.26. The lowest BCUT2D eigenvalue weighted by Crippen LogP contribution is -2.50. The lowest BCUT2D eigenvalue weighted by molar-refractivity contribution is 0.119. The zero-order valence-electron chi connectivity index (χ0n) is 15.6. The molecule has 0 bridgehead atoms. The largest absolute Gasteiger partial charge is 0.354 e. The summed E-state index contributed by atoms with van der Waals surface area (Å²) in [6.45, 7) is 2.46. The number of hydrogen-bond donors (Lipinski definition) is 2. The van der Waals surface area contributed by atoms with Crippen molar-refractivity contribution < 1.29 is 8.78 Å². The van der Waals surface area contributed by atoms with Crippen LogP contribution in [-0.2, 0) is 6.54 Å². The number of piperidine rings is 1. The predicted molar refractivity (Wildman–Crippen MR) is 101 cm³/mol. The Hall–Kier alpha value is -1.69. The van der Waals surface area contributed by atoms with Gasteiger partial charge in [-0.2, -0.15) is 0 Å². The molecule has 144 valence electrons. The van der Waals surface area contributed by atoms with Gasteiger partial charge in [0.1, 0.15) is 11.6 Å². The molecule has 1 aromatic rings. The fourth-order valence-electron chi connectivity index (χ4n) is 4.10. The lowest BCUT2D eigenvalue weighted by atomic mass is 9.92. The van der Waals surface area contributed by atoms with Crippen LogP contribution in [-0.4, -0.2) is 43.1 Å². The second kappa shape index (κ2) is 9.31. The molecule has 2 N–H and O–H groups in total. The molecule has 1 aliphatic heterocycles. The molecule has 0 spiro atoms. The van der Waals surface area contributed by atoms with Crippen LogP contribution in [0.3, 0.4) is 0 Å². The average molecular weight is 364 g/mol. The summed E-state index contributed by atoms with van der Waals surface area (Å²) in [6, 6.07) is 4.66. The molecule has 4 nitrogen and oxygen atoms in total. The van der Waals surface area contributed by atoms with Crippen molar-refractivity contribution in [2.24, 2.45) is 4.99 Å². The van der Waals surface area contributed by atoms with E-state index in [0.29, 0.717) is 17.6 Å². The van der Waals surface area contributed by atoms with Gasteiger partial charge in [-0.05, 0) is 43.9 Å². The second-order valence-corrected chi connectivity index (χ2v) is 7.41. The minimum absolute atomic E-state index is 0.212. The number of nitrogens with one attached hydrogen (secondary N) is 2. The third-order valence-corrected chi connectivity index (χ3v) is 5.64.